The van der Waals surface area contributed by atoms with Crippen LogP contribution in [0.2, 0.25) is 0 Å². The van der Waals surface area contributed by atoms with Crippen molar-refractivity contribution >= 4 is 19.8 Å². The SMILES string of the molecule is CC/C=C\C/C=C\C/C=C\C/C=C\C/C=C\C/C=C\C/C=C\C/C=C\CCCCCCCCCCCCC(=O)OC(COC(=O)CCCCCCCCCCCC/C=C\C/C=C\C/C=C\CCCCCCC)COP(=O)([O-])OCC[N+](C)(C)C. The molecule has 0 N–H and O–H groups in total. The van der Waals surface area contributed by atoms with Crippen LogP contribution in [-0.2, 0) is 32.7 Å². The zero-order valence-electron chi connectivity index (χ0n) is 54.6. The number of phosphoric ester groups is 1. The third-order valence-corrected chi connectivity index (χ3v) is 15.1. The van der Waals surface area contributed by atoms with E-state index in [2.05, 4.69) is 148 Å². The minimum Gasteiger partial charge on any atom is -0.756 e. The van der Waals surface area contributed by atoms with Gasteiger partial charge < -0.3 is 27.9 Å². The van der Waals surface area contributed by atoms with Crippen LogP contribution in [0.3, 0.4) is 0 Å². The number of hydrogen-bond acceptors (Lipinski definition) is 8. The smallest absolute Gasteiger partial charge is 0.306 e. The fraction of sp³-hybridized carbons (Fsp3) is 0.676. The second kappa shape index (κ2) is 63.6. The highest BCUT2D eigenvalue weighted by atomic mass is 31.2. The minimum absolute atomic E-state index is 0.0385. The zero-order chi connectivity index (χ0) is 61.2. The molecule has 0 aliphatic rings. The van der Waals surface area contributed by atoms with Gasteiger partial charge in [-0.05, 0) is 116 Å². The van der Waals surface area contributed by atoms with E-state index in [1.807, 2.05) is 21.1 Å². The first kappa shape index (κ1) is 80.2. The number of carbonyl (C=O) groups is 2. The first-order valence-electron chi connectivity index (χ1n) is 33.9. The molecule has 0 fully saturated rings. The maximum Gasteiger partial charge on any atom is 0.306 e. The molecule has 0 aromatic heterocycles. The van der Waals surface area contributed by atoms with Gasteiger partial charge in [0.15, 0.2) is 6.10 Å². The highest BCUT2D eigenvalue weighted by molar-refractivity contribution is 7.45. The normalized spacial score (nSPS) is 14.0. The van der Waals surface area contributed by atoms with Crippen LogP contribution in [0.25, 0.3) is 0 Å². The molecule has 2 unspecified atom stereocenters. The molecule has 0 radical (unpaired) electrons. The first-order valence-corrected chi connectivity index (χ1v) is 35.4. The van der Waals surface area contributed by atoms with E-state index in [-0.39, 0.29) is 26.1 Å². The van der Waals surface area contributed by atoms with Crippen molar-refractivity contribution in [2.45, 2.75) is 277 Å². The van der Waals surface area contributed by atoms with Gasteiger partial charge in [-0.3, -0.25) is 14.2 Å². The van der Waals surface area contributed by atoms with Crippen molar-refractivity contribution in [1.29, 1.82) is 0 Å². The van der Waals surface area contributed by atoms with Crippen LogP contribution in [0, 0.1) is 0 Å². The Balaban J connectivity index is 4.13. The number of allylic oxidation sites excluding steroid dienone is 22. The standard InChI is InChI=1S/C74H126NO8P/c1-6-8-10-12-14-16-18-20-22-24-26-28-30-32-33-34-35-36-37-38-39-40-41-43-45-47-49-51-53-55-57-59-61-63-65-67-74(77)83-72(71-82-84(78,79)81-69-68-75(3,4)5)70-80-73(76)66-64-62-60-58-56-54-52-50-48-46-44-42-31-29-27-25-23-21-19-17-15-13-11-9-7-2/h8,10,14,16,19-22,25-28,31-33,35-36,38-39,41-43,72H,6-7,9,11-13,15,17-18,23-24,29-30,34,37,40,44-71H2,1-5H3/b10-8-,16-14-,21-19-,22-20-,27-25-,28-26-,33-32-,36-35-,39-38-,42-31-,43-41-. The zero-order valence-corrected chi connectivity index (χ0v) is 55.4. The van der Waals surface area contributed by atoms with Gasteiger partial charge in [-0.1, -0.05) is 276 Å². The number of nitrogens with zero attached hydrogens (tertiary/aromatic N) is 1. The van der Waals surface area contributed by atoms with Gasteiger partial charge in [0.2, 0.25) is 0 Å². The maximum absolute atomic E-state index is 12.9. The molecular formula is C74H126NO8P. The first-order chi connectivity index (χ1) is 41.0. The number of unbranched alkanes of at least 4 members (excludes halogenated alkanes) is 25. The van der Waals surface area contributed by atoms with Crippen molar-refractivity contribution < 1.29 is 42.1 Å². The maximum atomic E-state index is 12.9. The Labute approximate surface area is 517 Å². The lowest BCUT2D eigenvalue weighted by Gasteiger charge is -2.28. The second-order valence-electron chi connectivity index (χ2n) is 23.5. The average molecular weight is 1190 g/mol. The highest BCUT2D eigenvalue weighted by Crippen LogP contribution is 2.38. The van der Waals surface area contributed by atoms with Crippen molar-refractivity contribution in [3.05, 3.63) is 134 Å². The predicted octanol–water partition coefficient (Wildman–Crippen LogP) is 21.4. The summed E-state index contributed by atoms with van der Waals surface area (Å²) in [5, 5.41) is 0. The van der Waals surface area contributed by atoms with E-state index < -0.39 is 32.5 Å². The third kappa shape index (κ3) is 67.3. The van der Waals surface area contributed by atoms with E-state index in [1.165, 1.54) is 116 Å². The van der Waals surface area contributed by atoms with Crippen LogP contribution < -0.4 is 4.89 Å². The van der Waals surface area contributed by atoms with E-state index in [1.54, 1.807) is 0 Å². The lowest BCUT2D eigenvalue weighted by Crippen LogP contribution is -2.37. The van der Waals surface area contributed by atoms with Crippen molar-refractivity contribution in [3.8, 4) is 0 Å². The summed E-state index contributed by atoms with van der Waals surface area (Å²) in [4.78, 5) is 38.0. The summed E-state index contributed by atoms with van der Waals surface area (Å²) in [6.07, 6.45) is 92.2. The van der Waals surface area contributed by atoms with Gasteiger partial charge >= 0.3 is 11.9 Å². The van der Waals surface area contributed by atoms with Crippen molar-refractivity contribution in [2.75, 3.05) is 47.5 Å². The van der Waals surface area contributed by atoms with Crippen LogP contribution in [0.15, 0.2) is 134 Å². The summed E-state index contributed by atoms with van der Waals surface area (Å²) in [5.74, 6) is -0.846. The molecule has 9 nitrogen and oxygen atoms in total. The average Bonchev–Trinajstić information content (AvgIpc) is 3.61. The lowest BCUT2D eigenvalue weighted by molar-refractivity contribution is -0.870. The molecule has 0 amide bonds. The number of phosphoric acid groups is 1. The van der Waals surface area contributed by atoms with Crippen LogP contribution in [0.4, 0.5) is 0 Å². The van der Waals surface area contributed by atoms with Crippen molar-refractivity contribution in [2.24, 2.45) is 0 Å². The molecule has 2 atom stereocenters. The Bertz CT molecular complexity index is 1880. The minimum atomic E-state index is -4.65. The third-order valence-electron chi connectivity index (χ3n) is 14.2. The Morgan fingerprint density at radius 2 is 0.679 bits per heavy atom. The lowest BCUT2D eigenvalue weighted by atomic mass is 10.0. The van der Waals surface area contributed by atoms with Gasteiger partial charge in [0.25, 0.3) is 7.82 Å². The van der Waals surface area contributed by atoms with E-state index >= 15 is 0 Å². The Hall–Kier alpha value is -3.85. The molecule has 84 heavy (non-hydrogen) atoms. The van der Waals surface area contributed by atoms with Crippen molar-refractivity contribution in [1.82, 2.24) is 0 Å². The van der Waals surface area contributed by atoms with Gasteiger partial charge in [0, 0.05) is 12.8 Å². The number of likely N-dealkylation sites (N-methyl/N-ethyl adjacent to an activating group) is 1. The van der Waals surface area contributed by atoms with E-state index in [9.17, 15) is 19.0 Å². The van der Waals surface area contributed by atoms with Crippen LogP contribution in [0.1, 0.15) is 271 Å². The largest absolute Gasteiger partial charge is 0.756 e. The molecule has 0 aromatic carbocycles. The molecule has 0 aliphatic heterocycles. The van der Waals surface area contributed by atoms with Gasteiger partial charge in [-0.15, -0.1) is 0 Å². The van der Waals surface area contributed by atoms with Gasteiger partial charge in [0.05, 0.1) is 27.7 Å². The number of carbonyl (C=O) groups excluding carboxylic acids is 2. The van der Waals surface area contributed by atoms with Crippen LogP contribution >= 0.6 is 7.82 Å². The molecule has 0 aromatic rings. The number of hydrogen-bond donors (Lipinski definition) is 0. The summed E-state index contributed by atoms with van der Waals surface area (Å²) in [6.45, 7) is 4.11. The topological polar surface area (TPSA) is 111 Å². The molecule has 0 spiro atoms. The summed E-state index contributed by atoms with van der Waals surface area (Å²) < 4.78 is 34.3. The molecule has 0 bridgehead atoms. The van der Waals surface area contributed by atoms with Gasteiger partial charge in [-0.25, -0.2) is 0 Å². The molecule has 0 heterocycles. The Morgan fingerprint density at radius 1 is 0.381 bits per heavy atom. The van der Waals surface area contributed by atoms with Gasteiger partial charge in [0.1, 0.15) is 19.8 Å². The molecule has 0 rings (SSSR count). The van der Waals surface area contributed by atoms with Crippen LogP contribution in [-0.4, -0.2) is 70.0 Å². The Kier molecular flexibility index (Phi) is 60.7. The number of quaternary nitrogens is 1. The molecule has 0 saturated heterocycles. The number of ether oxygens (including phenoxy) is 2. The molecule has 480 valence electrons. The van der Waals surface area contributed by atoms with Crippen LogP contribution in [0.5, 0.6) is 0 Å². The predicted molar refractivity (Wildman–Crippen MR) is 360 cm³/mol. The summed E-state index contributed by atoms with van der Waals surface area (Å²) in [7, 11) is 1.15. The molecular weight excluding hydrogens is 1060 g/mol. The Morgan fingerprint density at radius 3 is 1.01 bits per heavy atom. The fourth-order valence-corrected chi connectivity index (χ4v) is 9.70. The molecule has 0 saturated carbocycles. The molecule has 10 heteroatoms. The van der Waals surface area contributed by atoms with Crippen molar-refractivity contribution in [3.63, 3.8) is 0 Å². The fourth-order valence-electron chi connectivity index (χ4n) is 8.97. The van der Waals surface area contributed by atoms with E-state index in [0.717, 1.165) is 122 Å². The summed E-state index contributed by atoms with van der Waals surface area (Å²) in [5.41, 5.74) is 0. The highest BCUT2D eigenvalue weighted by Gasteiger charge is 2.22. The number of rotatable bonds is 61. The van der Waals surface area contributed by atoms with E-state index in [0.29, 0.717) is 17.4 Å². The number of esters is 2. The monoisotopic (exact) mass is 1190 g/mol. The summed E-state index contributed by atoms with van der Waals surface area (Å²) in [6, 6.07) is 0. The quantitative estimate of drug-likeness (QED) is 0.0195. The second-order valence-corrected chi connectivity index (χ2v) is 24.9. The van der Waals surface area contributed by atoms with Gasteiger partial charge in [-0.2, -0.15) is 0 Å². The summed E-state index contributed by atoms with van der Waals surface area (Å²) >= 11 is 0. The molecule has 0 aliphatic carbocycles. The van der Waals surface area contributed by atoms with E-state index in [4.69, 9.17) is 18.5 Å².